The molecule has 1 aromatic heterocycles. The molecular formula is C24H17ClN4O3. The number of nitrogens with zero attached hydrogens (tertiary/aromatic N) is 4. The van der Waals surface area contributed by atoms with Gasteiger partial charge in [-0.05, 0) is 60.2 Å². The van der Waals surface area contributed by atoms with Gasteiger partial charge >= 0.3 is 0 Å². The van der Waals surface area contributed by atoms with E-state index >= 15 is 0 Å². The Morgan fingerprint density at radius 3 is 2.00 bits per heavy atom. The first kappa shape index (κ1) is 21.1. The molecule has 158 valence electrons. The van der Waals surface area contributed by atoms with E-state index in [4.69, 9.17) is 16.3 Å². The van der Waals surface area contributed by atoms with E-state index in [2.05, 4.69) is 15.0 Å². The van der Waals surface area contributed by atoms with Crippen molar-refractivity contribution in [2.24, 2.45) is 4.99 Å². The summed E-state index contributed by atoms with van der Waals surface area (Å²) >= 11 is 6.02. The molecule has 0 saturated carbocycles. The highest BCUT2D eigenvalue weighted by Crippen LogP contribution is 2.28. The highest BCUT2D eigenvalue weighted by Gasteiger charge is 2.11. The maximum Gasteiger partial charge on any atom is 0.269 e. The summed E-state index contributed by atoms with van der Waals surface area (Å²) in [5.74, 6) is 1.02. The number of ether oxygens (including phenoxy) is 1. The third kappa shape index (κ3) is 4.96. The Morgan fingerprint density at radius 1 is 0.906 bits per heavy atom. The summed E-state index contributed by atoms with van der Waals surface area (Å²) in [6.07, 6.45) is 1.67. The minimum absolute atomic E-state index is 0.0125. The second kappa shape index (κ2) is 9.36. The molecule has 0 atom stereocenters. The van der Waals surface area contributed by atoms with Gasteiger partial charge in [-0.15, -0.1) is 0 Å². The SMILES string of the molecule is COc1ccc(/C=N/c2nc(-c3ccc(Cl)cc3)cc(-c3ccc([N+](=O)[O-])cc3)n2)cc1. The van der Waals surface area contributed by atoms with Gasteiger partial charge in [-0.3, -0.25) is 10.1 Å². The van der Waals surface area contributed by atoms with Gasteiger partial charge in [0, 0.05) is 34.5 Å². The number of nitro benzene ring substituents is 1. The zero-order valence-corrected chi connectivity index (χ0v) is 17.7. The van der Waals surface area contributed by atoms with Gasteiger partial charge in [0.1, 0.15) is 5.75 Å². The smallest absolute Gasteiger partial charge is 0.269 e. The third-order valence-electron chi connectivity index (χ3n) is 4.67. The van der Waals surface area contributed by atoms with E-state index < -0.39 is 4.92 Å². The summed E-state index contributed by atoms with van der Waals surface area (Å²) in [5, 5.41) is 11.6. The Balaban J connectivity index is 1.75. The standard InChI is InChI=1S/C24H17ClN4O3/c1-32-21-12-2-16(3-13-21)15-26-24-27-22(17-4-8-19(25)9-5-17)14-23(28-24)18-6-10-20(11-7-18)29(30)31/h2-15H,1H3/b26-15+. The molecule has 0 bridgehead atoms. The average Bonchev–Trinajstić information content (AvgIpc) is 2.83. The topological polar surface area (TPSA) is 90.5 Å². The highest BCUT2D eigenvalue weighted by atomic mass is 35.5. The number of non-ortho nitro benzene ring substituents is 1. The van der Waals surface area contributed by atoms with Gasteiger partial charge in [0.05, 0.1) is 23.4 Å². The average molecular weight is 445 g/mol. The van der Waals surface area contributed by atoms with Gasteiger partial charge < -0.3 is 4.74 Å². The summed E-state index contributed by atoms with van der Waals surface area (Å²) in [6.45, 7) is 0. The molecule has 7 nitrogen and oxygen atoms in total. The maximum absolute atomic E-state index is 11.0. The summed E-state index contributed by atoms with van der Waals surface area (Å²) in [5.41, 5.74) is 3.70. The predicted octanol–water partition coefficient (Wildman–Crippen LogP) is 6.13. The van der Waals surface area contributed by atoms with Crippen LogP contribution in [-0.2, 0) is 0 Å². The van der Waals surface area contributed by atoms with Crippen molar-refractivity contribution in [2.75, 3.05) is 7.11 Å². The van der Waals surface area contributed by atoms with Crippen molar-refractivity contribution in [3.8, 4) is 28.3 Å². The molecule has 0 saturated heterocycles. The highest BCUT2D eigenvalue weighted by molar-refractivity contribution is 6.30. The van der Waals surface area contributed by atoms with Crippen LogP contribution in [0.5, 0.6) is 5.75 Å². The minimum Gasteiger partial charge on any atom is -0.497 e. The van der Waals surface area contributed by atoms with E-state index in [1.165, 1.54) is 12.1 Å². The first-order chi connectivity index (χ1) is 15.5. The third-order valence-corrected chi connectivity index (χ3v) is 4.93. The monoisotopic (exact) mass is 444 g/mol. The molecule has 0 fully saturated rings. The van der Waals surface area contributed by atoms with Crippen molar-refractivity contribution in [3.63, 3.8) is 0 Å². The van der Waals surface area contributed by atoms with Crippen LogP contribution in [0.25, 0.3) is 22.5 Å². The summed E-state index contributed by atoms with van der Waals surface area (Å²) in [6, 6.07) is 22.7. The Morgan fingerprint density at radius 2 is 1.47 bits per heavy atom. The van der Waals surface area contributed by atoms with Crippen LogP contribution in [0.2, 0.25) is 5.02 Å². The fraction of sp³-hybridized carbons (Fsp3) is 0.0417. The molecule has 0 N–H and O–H groups in total. The fourth-order valence-corrected chi connectivity index (χ4v) is 3.11. The molecule has 0 amide bonds. The van der Waals surface area contributed by atoms with E-state index in [1.54, 1.807) is 37.6 Å². The predicted molar refractivity (Wildman–Crippen MR) is 125 cm³/mol. The van der Waals surface area contributed by atoms with Crippen molar-refractivity contribution in [2.45, 2.75) is 0 Å². The van der Waals surface area contributed by atoms with E-state index in [0.29, 0.717) is 22.0 Å². The molecule has 1 heterocycles. The van der Waals surface area contributed by atoms with Crippen molar-refractivity contribution >= 4 is 29.5 Å². The first-order valence-corrected chi connectivity index (χ1v) is 9.97. The van der Waals surface area contributed by atoms with Gasteiger partial charge in [-0.25, -0.2) is 15.0 Å². The summed E-state index contributed by atoms with van der Waals surface area (Å²) < 4.78 is 5.17. The molecule has 4 aromatic rings. The number of methoxy groups -OCH3 is 1. The summed E-state index contributed by atoms with van der Waals surface area (Å²) in [4.78, 5) is 24.1. The van der Waals surface area contributed by atoms with Crippen molar-refractivity contribution < 1.29 is 9.66 Å². The second-order valence-electron chi connectivity index (χ2n) is 6.78. The van der Waals surface area contributed by atoms with Crippen LogP contribution in [0.3, 0.4) is 0 Å². The Kier molecular flexibility index (Phi) is 6.19. The van der Waals surface area contributed by atoms with E-state index in [9.17, 15) is 10.1 Å². The molecule has 0 radical (unpaired) electrons. The number of hydrogen-bond acceptors (Lipinski definition) is 6. The normalized spacial score (nSPS) is 10.9. The second-order valence-corrected chi connectivity index (χ2v) is 7.22. The van der Waals surface area contributed by atoms with Gasteiger partial charge in [-0.1, -0.05) is 23.7 Å². The lowest BCUT2D eigenvalue weighted by Gasteiger charge is -2.07. The molecule has 4 rings (SSSR count). The van der Waals surface area contributed by atoms with Gasteiger partial charge in [0.25, 0.3) is 5.69 Å². The lowest BCUT2D eigenvalue weighted by atomic mass is 10.1. The van der Waals surface area contributed by atoms with E-state index in [-0.39, 0.29) is 11.6 Å². The maximum atomic E-state index is 11.0. The lowest BCUT2D eigenvalue weighted by Crippen LogP contribution is -1.93. The largest absolute Gasteiger partial charge is 0.497 e. The molecule has 0 unspecified atom stereocenters. The number of aliphatic imine (C=N–C) groups is 1. The Hall–Kier alpha value is -4.10. The van der Waals surface area contributed by atoms with Crippen LogP contribution >= 0.6 is 11.6 Å². The van der Waals surface area contributed by atoms with Gasteiger partial charge in [0.2, 0.25) is 5.95 Å². The zero-order chi connectivity index (χ0) is 22.5. The molecule has 0 spiro atoms. The molecular weight excluding hydrogens is 428 g/mol. The van der Waals surface area contributed by atoms with Crippen molar-refractivity contribution in [1.29, 1.82) is 0 Å². The van der Waals surface area contributed by atoms with Gasteiger partial charge in [-0.2, -0.15) is 0 Å². The Bertz CT molecular complexity index is 1270. The van der Waals surface area contributed by atoms with E-state index in [1.807, 2.05) is 42.5 Å². The van der Waals surface area contributed by atoms with Crippen LogP contribution in [0.4, 0.5) is 11.6 Å². The number of nitro groups is 1. The number of aromatic nitrogens is 2. The lowest BCUT2D eigenvalue weighted by molar-refractivity contribution is -0.384. The molecule has 0 aliphatic rings. The van der Waals surface area contributed by atoms with E-state index in [0.717, 1.165) is 16.9 Å². The zero-order valence-electron chi connectivity index (χ0n) is 17.0. The molecule has 32 heavy (non-hydrogen) atoms. The number of benzene rings is 3. The van der Waals surface area contributed by atoms with Crippen LogP contribution in [0, 0.1) is 10.1 Å². The fourth-order valence-electron chi connectivity index (χ4n) is 2.98. The van der Waals surface area contributed by atoms with Crippen molar-refractivity contribution in [3.05, 3.63) is 99.6 Å². The molecule has 0 aliphatic heterocycles. The minimum atomic E-state index is -0.437. The van der Waals surface area contributed by atoms with Crippen LogP contribution in [0.1, 0.15) is 5.56 Å². The van der Waals surface area contributed by atoms with Crippen molar-refractivity contribution in [1.82, 2.24) is 9.97 Å². The van der Waals surface area contributed by atoms with Crippen LogP contribution in [0.15, 0.2) is 83.9 Å². The molecule has 0 aliphatic carbocycles. The number of halogens is 1. The molecule has 8 heteroatoms. The Labute approximate surface area is 189 Å². The summed E-state index contributed by atoms with van der Waals surface area (Å²) in [7, 11) is 1.61. The number of hydrogen-bond donors (Lipinski definition) is 0. The van der Waals surface area contributed by atoms with Gasteiger partial charge in [0.15, 0.2) is 0 Å². The van der Waals surface area contributed by atoms with Crippen LogP contribution < -0.4 is 4.74 Å². The number of rotatable bonds is 6. The first-order valence-electron chi connectivity index (χ1n) is 9.60. The quantitative estimate of drug-likeness (QED) is 0.202. The van der Waals surface area contributed by atoms with Crippen LogP contribution in [-0.4, -0.2) is 28.2 Å². The molecule has 3 aromatic carbocycles.